The fourth-order valence-corrected chi connectivity index (χ4v) is 6.51. The maximum Gasteiger partial charge on any atom is 0.409 e. The Bertz CT molecular complexity index is 1870. The lowest BCUT2D eigenvalue weighted by Crippen LogP contribution is -2.45. The van der Waals surface area contributed by atoms with Crippen LogP contribution in [0.15, 0.2) is 57.7 Å². The van der Waals surface area contributed by atoms with E-state index < -0.39 is 0 Å². The number of para-hydroxylation sites is 3. The molecular weight excluding hydrogens is 600 g/mol. The number of imidazole rings is 1. The van der Waals surface area contributed by atoms with Gasteiger partial charge in [0.2, 0.25) is 0 Å². The zero-order chi connectivity index (χ0) is 33.3. The number of hydrogen-bond donors (Lipinski definition) is 2. The number of carbonyl (C=O) groups excluding carboxylic acids is 1. The Morgan fingerprint density at radius 2 is 1.77 bits per heavy atom. The van der Waals surface area contributed by atoms with Gasteiger partial charge in [-0.1, -0.05) is 31.2 Å². The molecule has 47 heavy (non-hydrogen) atoms. The first-order valence-electron chi connectivity index (χ1n) is 16.0. The van der Waals surface area contributed by atoms with Crippen LogP contribution in [0.4, 0.5) is 10.6 Å². The molecule has 2 aromatic carbocycles. The second-order valence-corrected chi connectivity index (χ2v) is 11.5. The van der Waals surface area contributed by atoms with Crippen molar-refractivity contribution < 1.29 is 23.8 Å². The van der Waals surface area contributed by atoms with Crippen LogP contribution in [0.3, 0.4) is 0 Å². The lowest BCUT2D eigenvalue weighted by atomic mass is 9.93. The predicted molar refractivity (Wildman–Crippen MR) is 182 cm³/mol. The van der Waals surface area contributed by atoms with Gasteiger partial charge in [0, 0.05) is 51.1 Å². The Kier molecular flexibility index (Phi) is 11.1. The van der Waals surface area contributed by atoms with Gasteiger partial charge >= 0.3 is 11.8 Å². The summed E-state index contributed by atoms with van der Waals surface area (Å²) in [5.41, 5.74) is 4.01. The summed E-state index contributed by atoms with van der Waals surface area (Å²) in [6.45, 7) is 5.92. The minimum atomic E-state index is -0.351. The number of nitrogens with zero attached hydrogens (tertiary/aromatic N) is 5. The minimum Gasteiger partial charge on any atom is -0.450 e. The average Bonchev–Trinajstić information content (AvgIpc) is 3.85. The number of piperidine rings is 1. The van der Waals surface area contributed by atoms with E-state index in [0.717, 1.165) is 72.0 Å². The minimum absolute atomic E-state index is 0.0171. The number of hydrogen-bond acceptors (Lipinski definition) is 9. The number of amides is 1. The van der Waals surface area contributed by atoms with Gasteiger partial charge in [-0.2, -0.15) is 0 Å². The largest absolute Gasteiger partial charge is 0.450 e. The number of aliphatic hydroxyl groups excluding tert-OH is 1. The third-order valence-electron chi connectivity index (χ3n) is 8.65. The fraction of sp³-hybridized carbons (Fsp3) is 0.429. The molecule has 1 unspecified atom stereocenters. The van der Waals surface area contributed by atoms with Gasteiger partial charge < -0.3 is 33.8 Å². The molecule has 2 N–H and O–H groups in total. The Labute approximate surface area is 273 Å². The number of ether oxygens (including phenoxy) is 2. The van der Waals surface area contributed by atoms with E-state index in [2.05, 4.69) is 29.7 Å². The van der Waals surface area contributed by atoms with Gasteiger partial charge in [0.1, 0.15) is 23.5 Å². The van der Waals surface area contributed by atoms with Crippen LogP contribution >= 0.6 is 0 Å². The van der Waals surface area contributed by atoms with Crippen LogP contribution in [-0.2, 0) is 15.9 Å². The molecule has 2 saturated heterocycles. The van der Waals surface area contributed by atoms with Gasteiger partial charge in [-0.05, 0) is 49.4 Å². The van der Waals surface area contributed by atoms with Gasteiger partial charge in [0.05, 0.1) is 24.2 Å². The van der Waals surface area contributed by atoms with Crippen molar-refractivity contribution in [2.24, 2.45) is 5.92 Å². The summed E-state index contributed by atoms with van der Waals surface area (Å²) >= 11 is 0. The summed E-state index contributed by atoms with van der Waals surface area (Å²) in [5.74, 6) is 1.67. The number of aliphatic hydroxyl groups is 1. The highest BCUT2D eigenvalue weighted by Gasteiger charge is 2.32. The molecule has 5 heterocycles. The van der Waals surface area contributed by atoms with Crippen LogP contribution < -0.4 is 10.6 Å². The van der Waals surface area contributed by atoms with Crippen molar-refractivity contribution in [2.45, 2.75) is 38.6 Å². The molecule has 2 atom stereocenters. The number of furan rings is 1. The molecule has 12 nitrogen and oxygen atoms in total. The Morgan fingerprint density at radius 3 is 2.55 bits per heavy atom. The molecular formula is C35H42N6O6. The number of anilines is 1. The second kappa shape index (κ2) is 15.6. The van der Waals surface area contributed by atoms with Gasteiger partial charge in [-0.3, -0.25) is 4.57 Å². The van der Waals surface area contributed by atoms with Crippen LogP contribution in [0, 0.1) is 18.8 Å². The van der Waals surface area contributed by atoms with Crippen molar-refractivity contribution in [3.05, 3.63) is 64.8 Å². The lowest BCUT2D eigenvalue weighted by molar-refractivity contribution is 0.0430. The first-order chi connectivity index (χ1) is 23.1. The molecule has 248 valence electrons. The number of fused-ring (bicyclic) bond motifs is 4. The van der Waals surface area contributed by atoms with Crippen LogP contribution in [-0.4, -0.2) is 88.7 Å². The van der Waals surface area contributed by atoms with Gasteiger partial charge in [-0.15, -0.1) is 12.8 Å². The highest BCUT2D eigenvalue weighted by atomic mass is 16.6. The molecule has 7 rings (SSSR count). The molecule has 0 saturated carbocycles. The average molecular weight is 643 g/mol. The van der Waals surface area contributed by atoms with E-state index in [0.29, 0.717) is 45.0 Å². The summed E-state index contributed by atoms with van der Waals surface area (Å²) in [5, 5.41) is 7.99. The molecule has 5 aromatic rings. The summed E-state index contributed by atoms with van der Waals surface area (Å²) in [7, 11) is 1.00. The van der Waals surface area contributed by atoms with E-state index in [1.807, 2.05) is 53.1 Å². The smallest absolute Gasteiger partial charge is 0.409 e. The number of rotatable bonds is 8. The summed E-state index contributed by atoms with van der Waals surface area (Å²) < 4.78 is 19.3. The number of benzene rings is 2. The number of aromatic nitrogens is 4. The number of likely N-dealkylation sites (tertiary alicyclic amines) is 1. The number of aromatic amines is 1. The summed E-state index contributed by atoms with van der Waals surface area (Å²) in [4.78, 5) is 42.1. The van der Waals surface area contributed by atoms with E-state index in [1.165, 1.54) is 0 Å². The number of nitrogens with one attached hydrogen (secondary N) is 1. The molecule has 0 radical (unpaired) electrons. The molecule has 0 aliphatic carbocycles. The number of H-pyrrole nitrogens is 1. The van der Waals surface area contributed by atoms with Crippen molar-refractivity contribution in [3.63, 3.8) is 0 Å². The molecule has 0 spiro atoms. The van der Waals surface area contributed by atoms with Crippen molar-refractivity contribution in [1.82, 2.24) is 24.4 Å². The highest BCUT2D eigenvalue weighted by Crippen LogP contribution is 2.34. The van der Waals surface area contributed by atoms with Gasteiger partial charge in [-0.25, -0.2) is 19.6 Å². The van der Waals surface area contributed by atoms with Crippen molar-refractivity contribution >= 4 is 45.0 Å². The summed E-state index contributed by atoms with van der Waals surface area (Å²) in [6.07, 6.45) is 11.2. The van der Waals surface area contributed by atoms with Crippen molar-refractivity contribution in [1.29, 1.82) is 0 Å². The quantitative estimate of drug-likeness (QED) is 0.181. The van der Waals surface area contributed by atoms with Crippen LogP contribution in [0.2, 0.25) is 0 Å². The molecule has 1 amide bonds. The molecule has 3 aromatic heterocycles. The van der Waals surface area contributed by atoms with E-state index in [-0.39, 0.29) is 30.3 Å². The van der Waals surface area contributed by atoms with E-state index >= 15 is 0 Å². The Morgan fingerprint density at radius 1 is 1.02 bits per heavy atom. The molecule has 2 aliphatic heterocycles. The zero-order valence-electron chi connectivity index (χ0n) is 26.9. The van der Waals surface area contributed by atoms with E-state index in [4.69, 9.17) is 29.0 Å². The fourth-order valence-electron chi connectivity index (χ4n) is 6.51. The van der Waals surface area contributed by atoms with Crippen LogP contribution in [0.1, 0.15) is 38.1 Å². The normalized spacial score (nSPS) is 17.7. The molecule has 12 heteroatoms. The lowest BCUT2D eigenvalue weighted by Gasteiger charge is -2.36. The first kappa shape index (κ1) is 33.5. The third kappa shape index (κ3) is 7.11. The van der Waals surface area contributed by atoms with Gasteiger partial charge in [0.25, 0.3) is 0 Å². The maximum atomic E-state index is 12.8. The molecule has 2 aliphatic rings. The molecule has 2 fully saturated rings. The Balaban J connectivity index is 0.00000105. The van der Waals surface area contributed by atoms with E-state index in [1.54, 1.807) is 4.90 Å². The van der Waals surface area contributed by atoms with Crippen LogP contribution in [0.5, 0.6) is 0 Å². The van der Waals surface area contributed by atoms with Crippen LogP contribution in [0.25, 0.3) is 33.1 Å². The standard InChI is InChI=1S/C32H36N6O5.C2H2.CH4O/c1-21-20-37(16-12-24(21)38-25-10-4-3-9-23(25)33-31(38)39)32(40)42-19-18-41-17-13-27-34-28-22-8-2-5-11-26(22)43-29(28)30(35-27)36-14-6-7-15-36;2*1-2/h2-5,8-11,21,24H,6-7,12-20H2,1H3,(H,33,39);1-2H;2H,1H3/t21-,24?;;/m0../s1. The van der Waals surface area contributed by atoms with Gasteiger partial charge in [0.15, 0.2) is 11.4 Å². The SMILES string of the molecule is C#C.CO.C[C@H]1CN(C(=O)OCCOCCc2nc(N3CCCC3)c3oc4ccccc4c3n2)CCC1n1c(=O)[nH]c2ccccc21. The topological polar surface area (TPSA) is 139 Å². The Hall–Kier alpha value is -4.86. The van der Waals surface area contributed by atoms with Crippen molar-refractivity contribution in [2.75, 3.05) is 58.0 Å². The van der Waals surface area contributed by atoms with E-state index in [9.17, 15) is 9.59 Å². The highest BCUT2D eigenvalue weighted by molar-refractivity contribution is 6.05. The number of carbonyl (C=O) groups is 1. The second-order valence-electron chi connectivity index (χ2n) is 11.5. The maximum absolute atomic E-state index is 12.8. The first-order valence-corrected chi connectivity index (χ1v) is 16.0. The van der Waals surface area contributed by atoms with Crippen molar-refractivity contribution in [3.8, 4) is 12.8 Å². The third-order valence-corrected chi connectivity index (χ3v) is 8.65. The molecule has 0 bridgehead atoms. The zero-order valence-corrected chi connectivity index (χ0v) is 26.9. The monoisotopic (exact) mass is 642 g/mol. The predicted octanol–water partition coefficient (Wildman–Crippen LogP) is 4.76. The summed E-state index contributed by atoms with van der Waals surface area (Å²) in [6, 6.07) is 15.7. The number of terminal acetylenes is 1.